The van der Waals surface area contributed by atoms with E-state index in [9.17, 15) is 29.5 Å². The van der Waals surface area contributed by atoms with Gasteiger partial charge < -0.3 is 50.8 Å². The summed E-state index contributed by atoms with van der Waals surface area (Å²) in [5.41, 5.74) is 11.4. The molecule has 2 aromatic carbocycles. The number of nitrogens with one attached hydrogen (secondary N) is 2. The first-order valence-electron chi connectivity index (χ1n) is 19.9. The molecule has 4 aliphatic heterocycles. The number of primary amides is 2. The van der Waals surface area contributed by atoms with Crippen LogP contribution in [-0.4, -0.2) is 89.8 Å². The van der Waals surface area contributed by atoms with Crippen molar-refractivity contribution < 1.29 is 48.5 Å². The van der Waals surface area contributed by atoms with Gasteiger partial charge in [-0.05, 0) is 77.8 Å². The fraction of sp³-hybridized carbons (Fsp3) is 0.463. The van der Waals surface area contributed by atoms with Gasteiger partial charge in [-0.15, -0.1) is 5.06 Å². The number of esters is 2. The summed E-state index contributed by atoms with van der Waals surface area (Å²) >= 11 is 0. The largest absolute Gasteiger partial charge is 0.434 e. The quantitative estimate of drug-likeness (QED) is 0.0995. The van der Waals surface area contributed by atoms with Crippen LogP contribution in [0.15, 0.2) is 48.8 Å². The first-order valence-corrected chi connectivity index (χ1v) is 19.9. The molecule has 2 aromatic heterocycles. The van der Waals surface area contributed by atoms with Crippen LogP contribution in [0.25, 0.3) is 11.1 Å². The van der Waals surface area contributed by atoms with Crippen molar-refractivity contribution in [2.24, 2.45) is 23.3 Å². The Kier molecular flexibility index (Phi) is 7.18. The van der Waals surface area contributed by atoms with Crippen molar-refractivity contribution in [3.63, 3.8) is 0 Å². The molecule has 18 heteroatoms. The number of amides is 2. The highest BCUT2D eigenvalue weighted by molar-refractivity contribution is 5.83. The van der Waals surface area contributed by atoms with Crippen LogP contribution in [0.4, 0.5) is 9.59 Å². The highest BCUT2D eigenvalue weighted by atomic mass is 16.8. The van der Waals surface area contributed by atoms with Crippen molar-refractivity contribution >= 4 is 24.1 Å². The Morgan fingerprint density at radius 3 is 1.88 bits per heavy atom. The van der Waals surface area contributed by atoms with Crippen molar-refractivity contribution in [2.45, 2.75) is 92.3 Å². The minimum atomic E-state index is -1.83. The molecule has 306 valence electrons. The summed E-state index contributed by atoms with van der Waals surface area (Å²) in [5, 5.41) is 24.6. The van der Waals surface area contributed by atoms with E-state index in [-0.39, 0.29) is 36.6 Å². The topological polar surface area (TPSA) is 262 Å². The third-order valence-corrected chi connectivity index (χ3v) is 14.2. The zero-order chi connectivity index (χ0) is 41.0. The van der Waals surface area contributed by atoms with Crippen LogP contribution in [0.1, 0.15) is 97.7 Å². The van der Waals surface area contributed by atoms with Gasteiger partial charge in [0.15, 0.2) is 17.8 Å². The molecule has 6 atom stereocenters. The van der Waals surface area contributed by atoms with Gasteiger partial charge in [-0.1, -0.05) is 55.3 Å². The molecule has 4 bridgehead atoms. The SMILES string of the molecule is CC1(C)c2cc(C34CCN(O)[C@@]3(OC(=O)[C@@H](O)C3CC3)c3ncc4[nH]3)ccc2-c2ccc(C34CCN(OC(N)=O)[C@@]3(OC(=O)[C@@H](OC(N)=O)C3CC3)c3ncc4[nH]3)cc21. The third kappa shape index (κ3) is 4.43. The molecule has 2 unspecified atom stereocenters. The molecule has 11 rings (SSSR count). The second-order valence-corrected chi connectivity index (χ2v) is 17.5. The van der Waals surface area contributed by atoms with Crippen molar-refractivity contribution in [1.82, 2.24) is 30.1 Å². The number of nitrogens with two attached hydrogens (primary N) is 2. The minimum Gasteiger partial charge on any atom is -0.434 e. The number of rotatable bonds is 10. The van der Waals surface area contributed by atoms with E-state index in [0.717, 1.165) is 51.3 Å². The van der Waals surface area contributed by atoms with Gasteiger partial charge in [0, 0.05) is 36.8 Å². The van der Waals surface area contributed by atoms with E-state index in [2.05, 4.69) is 45.9 Å². The zero-order valence-corrected chi connectivity index (χ0v) is 32.2. The number of carbonyl (C=O) groups excluding carboxylic acids is 4. The molecule has 3 aliphatic carbocycles. The summed E-state index contributed by atoms with van der Waals surface area (Å²) in [7, 11) is 0. The highest BCUT2D eigenvalue weighted by Gasteiger charge is 2.74. The van der Waals surface area contributed by atoms with Crippen molar-refractivity contribution in [3.8, 4) is 11.1 Å². The number of hydroxylamine groups is 4. The van der Waals surface area contributed by atoms with E-state index in [1.807, 2.05) is 24.3 Å². The Morgan fingerprint density at radius 1 is 0.780 bits per heavy atom. The maximum atomic E-state index is 14.1. The van der Waals surface area contributed by atoms with E-state index >= 15 is 0 Å². The second-order valence-electron chi connectivity index (χ2n) is 17.5. The highest BCUT2D eigenvalue weighted by Crippen LogP contribution is 2.64. The molecule has 4 fully saturated rings. The Morgan fingerprint density at radius 2 is 1.32 bits per heavy atom. The standard InChI is InChI=1S/C41H42N8O10/c1-37(2)25-15-21(38-11-13-48(55)40(38,33-44-17-27(38)46-33)57-31(51)29(50)19-3-4-19)7-9-23(25)24-10-8-22(16-26(24)37)39-12-14-49(59-36(43)54)41(39,34-45-18-28(39)47-34)58-32(52)30(20-5-6-20)56-35(42)53/h7-10,15-20,29-30,50,55H,3-6,11-14H2,1-2H3,(H2,42,53)(H2,43,54)(H,44,46)(H,45,47)/t29-,30-,38?,39?,40+,41+/m0/s1. The van der Waals surface area contributed by atoms with E-state index < -0.39 is 64.0 Å². The summed E-state index contributed by atoms with van der Waals surface area (Å²) in [6.45, 7) is 4.53. The van der Waals surface area contributed by atoms with Crippen LogP contribution in [0.2, 0.25) is 0 Å². The van der Waals surface area contributed by atoms with Crippen LogP contribution in [0, 0.1) is 11.8 Å². The fourth-order valence-corrected chi connectivity index (χ4v) is 11.1. The predicted molar refractivity (Wildman–Crippen MR) is 199 cm³/mol. The number of aliphatic hydroxyl groups excluding tert-OH is 1. The first kappa shape index (κ1) is 36.3. The number of ether oxygens (including phenoxy) is 3. The molecule has 2 amide bonds. The average molecular weight is 807 g/mol. The van der Waals surface area contributed by atoms with Crippen molar-refractivity contribution in [2.75, 3.05) is 13.1 Å². The van der Waals surface area contributed by atoms with Gasteiger partial charge in [-0.25, -0.2) is 29.1 Å². The van der Waals surface area contributed by atoms with Gasteiger partial charge in [0.1, 0.15) is 10.8 Å². The van der Waals surface area contributed by atoms with E-state index in [1.54, 1.807) is 12.4 Å². The maximum Gasteiger partial charge on any atom is 0.423 e. The molecule has 0 spiro atoms. The van der Waals surface area contributed by atoms with Crippen LogP contribution in [0.5, 0.6) is 0 Å². The van der Waals surface area contributed by atoms with Gasteiger partial charge in [0.25, 0.3) is 11.4 Å². The lowest BCUT2D eigenvalue weighted by atomic mass is 9.68. The summed E-state index contributed by atoms with van der Waals surface area (Å²) in [6, 6.07) is 12.2. The number of hydrogen-bond acceptors (Lipinski definition) is 14. The predicted octanol–water partition coefficient (Wildman–Crippen LogP) is 2.89. The number of benzene rings is 2. The van der Waals surface area contributed by atoms with Crippen molar-refractivity contribution in [3.05, 3.63) is 94.1 Å². The maximum absolute atomic E-state index is 14.1. The number of carbonyl (C=O) groups is 4. The third-order valence-electron chi connectivity index (χ3n) is 14.2. The normalized spacial score (nSPS) is 30.2. The molecule has 8 N–H and O–H groups in total. The Hall–Kier alpha value is -5.82. The van der Waals surface area contributed by atoms with Crippen LogP contribution >= 0.6 is 0 Å². The van der Waals surface area contributed by atoms with Crippen LogP contribution in [0.3, 0.4) is 0 Å². The van der Waals surface area contributed by atoms with Gasteiger partial charge >= 0.3 is 24.1 Å². The van der Waals surface area contributed by atoms with Crippen LogP contribution < -0.4 is 11.5 Å². The molecule has 59 heavy (non-hydrogen) atoms. The Labute approximate surface area is 336 Å². The molecular formula is C41H42N8O10. The second kappa shape index (κ2) is 11.7. The number of nitrogens with zero attached hydrogens (tertiary/aromatic N) is 4. The first-order chi connectivity index (χ1) is 28.2. The lowest BCUT2D eigenvalue weighted by molar-refractivity contribution is -0.278. The zero-order valence-electron chi connectivity index (χ0n) is 32.2. The molecule has 6 heterocycles. The Balaban J connectivity index is 0.998. The monoisotopic (exact) mass is 806 g/mol. The Bertz CT molecular complexity index is 2530. The summed E-state index contributed by atoms with van der Waals surface area (Å²) < 4.78 is 17.9. The van der Waals surface area contributed by atoms with Gasteiger partial charge in [0.2, 0.25) is 6.10 Å². The number of aromatic nitrogens is 4. The average Bonchev–Trinajstić information content (AvgIpc) is 3.94. The summed E-state index contributed by atoms with van der Waals surface area (Å²) in [5.74, 6) is -1.61. The lowest BCUT2D eigenvalue weighted by Crippen LogP contribution is -2.57. The van der Waals surface area contributed by atoms with E-state index in [4.69, 9.17) is 30.5 Å². The summed E-state index contributed by atoms with van der Waals surface area (Å²) in [4.78, 5) is 72.9. The van der Waals surface area contributed by atoms with Gasteiger partial charge in [-0.2, -0.15) is 0 Å². The van der Waals surface area contributed by atoms with Crippen LogP contribution in [-0.2, 0) is 56.3 Å². The van der Waals surface area contributed by atoms with E-state index in [0.29, 0.717) is 37.1 Å². The minimum absolute atomic E-state index is 0.117. The molecule has 2 saturated heterocycles. The van der Waals surface area contributed by atoms with Gasteiger partial charge in [0.05, 0.1) is 11.4 Å². The van der Waals surface area contributed by atoms with E-state index in [1.165, 1.54) is 5.06 Å². The van der Waals surface area contributed by atoms with Gasteiger partial charge in [-0.3, -0.25) is 0 Å². The van der Waals surface area contributed by atoms with Crippen molar-refractivity contribution in [1.29, 1.82) is 0 Å². The smallest absolute Gasteiger partial charge is 0.423 e. The number of H-pyrrole nitrogens is 2. The number of hydrogen-bond donors (Lipinski definition) is 6. The molecule has 18 nitrogen and oxygen atoms in total. The number of aliphatic hydroxyl groups is 1. The number of imidazole rings is 2. The molecule has 0 radical (unpaired) electrons. The molecular weight excluding hydrogens is 764 g/mol. The summed E-state index contributed by atoms with van der Waals surface area (Å²) in [6.07, 6.45) is 2.01. The number of aromatic amines is 2. The number of fused-ring (bicyclic) bond motifs is 13. The fourth-order valence-electron chi connectivity index (χ4n) is 11.1. The molecule has 7 aliphatic rings. The molecule has 4 aromatic rings. The molecule has 2 saturated carbocycles. The lowest BCUT2D eigenvalue weighted by Gasteiger charge is -2.43.